The predicted octanol–water partition coefficient (Wildman–Crippen LogP) is 2.31. The first-order valence-corrected chi connectivity index (χ1v) is 13.0. The molecule has 0 bridgehead atoms. The van der Waals surface area contributed by atoms with Crippen molar-refractivity contribution in [3.63, 3.8) is 0 Å². The molecular formula is C22H27IN10O4. The summed E-state index contributed by atoms with van der Waals surface area (Å²) in [5, 5.41) is 29.4. The summed E-state index contributed by atoms with van der Waals surface area (Å²) in [4.78, 5) is 26.0. The molecule has 0 aliphatic rings. The van der Waals surface area contributed by atoms with Gasteiger partial charge < -0.3 is 20.1 Å². The average molecular weight is 622 g/mol. The Hall–Kier alpha value is -4.15. The van der Waals surface area contributed by atoms with E-state index in [1.165, 1.54) is 4.80 Å². The van der Waals surface area contributed by atoms with E-state index in [1.54, 1.807) is 7.05 Å². The van der Waals surface area contributed by atoms with Crippen molar-refractivity contribution in [3.05, 3.63) is 83.4 Å². The highest BCUT2D eigenvalue weighted by molar-refractivity contribution is 14.1. The van der Waals surface area contributed by atoms with Gasteiger partial charge in [-0.3, -0.25) is 0 Å². The van der Waals surface area contributed by atoms with Crippen LogP contribution in [0.15, 0.2) is 60.7 Å². The number of aromatic nitrogens is 8. The number of nitrogens with one attached hydrogen (secondary N) is 3. The van der Waals surface area contributed by atoms with E-state index in [1.807, 2.05) is 65.6 Å². The standard InChI is InChI=1S/C11H13N5O2.C10H11N5O2.CH3I/c1-16-14-10(13-15-16)7-12-11(17)18-8-9-5-3-2-4-6-9;16-10(11-6-9-12-14-15-13-9)17-7-8-4-2-1-3-5-8;1-2/h2-6H,7-8H2,1H3,(H,12,17);1-5H,6-7H2,(H,11,16)(H,12,13,14,15);1H3. The quantitative estimate of drug-likeness (QED) is 0.195. The molecule has 2 heterocycles. The highest BCUT2D eigenvalue weighted by atomic mass is 127. The van der Waals surface area contributed by atoms with Crippen molar-refractivity contribution in [2.75, 3.05) is 4.93 Å². The lowest BCUT2D eigenvalue weighted by Gasteiger charge is -2.05. The van der Waals surface area contributed by atoms with Crippen molar-refractivity contribution in [1.29, 1.82) is 0 Å². The highest BCUT2D eigenvalue weighted by Crippen LogP contribution is 2.01. The lowest BCUT2D eigenvalue weighted by Crippen LogP contribution is -2.24. The van der Waals surface area contributed by atoms with Crippen LogP contribution in [0.1, 0.15) is 22.8 Å². The van der Waals surface area contributed by atoms with E-state index in [0.29, 0.717) is 11.6 Å². The molecule has 2 aromatic carbocycles. The third-order valence-corrected chi connectivity index (χ3v) is 4.15. The maximum absolute atomic E-state index is 11.4. The van der Waals surface area contributed by atoms with Gasteiger partial charge in [0, 0.05) is 0 Å². The largest absolute Gasteiger partial charge is 0.445 e. The van der Waals surface area contributed by atoms with Crippen LogP contribution in [-0.4, -0.2) is 57.9 Å². The number of alkyl carbamates (subject to hydrolysis) is 2. The number of aromatic amines is 1. The number of hydrogen-bond acceptors (Lipinski definition) is 10. The Morgan fingerprint density at radius 3 is 1.78 bits per heavy atom. The minimum Gasteiger partial charge on any atom is -0.445 e. The van der Waals surface area contributed by atoms with E-state index in [0.717, 1.165) is 11.1 Å². The number of halogens is 1. The number of alkyl halides is 1. The number of aryl methyl sites for hydroxylation is 1. The lowest BCUT2D eigenvalue weighted by atomic mass is 10.2. The van der Waals surface area contributed by atoms with Crippen LogP contribution in [0.3, 0.4) is 0 Å². The van der Waals surface area contributed by atoms with Crippen molar-refractivity contribution in [1.82, 2.24) is 51.5 Å². The predicted molar refractivity (Wildman–Crippen MR) is 140 cm³/mol. The number of nitrogens with zero attached hydrogens (tertiary/aromatic N) is 7. The van der Waals surface area contributed by atoms with Gasteiger partial charge in [0.05, 0.1) is 20.1 Å². The van der Waals surface area contributed by atoms with Gasteiger partial charge in [0.15, 0.2) is 11.6 Å². The smallest absolute Gasteiger partial charge is 0.407 e. The van der Waals surface area contributed by atoms with E-state index in [2.05, 4.69) is 69.3 Å². The monoisotopic (exact) mass is 622 g/mol. The first kappa shape index (κ1) is 29.1. The number of amides is 2. The molecular weight excluding hydrogens is 595 g/mol. The summed E-state index contributed by atoms with van der Waals surface area (Å²) in [6.07, 6.45) is -1.02. The second-order valence-corrected chi connectivity index (χ2v) is 6.85. The van der Waals surface area contributed by atoms with Crippen LogP contribution in [0.2, 0.25) is 0 Å². The van der Waals surface area contributed by atoms with Crippen LogP contribution < -0.4 is 10.6 Å². The van der Waals surface area contributed by atoms with Crippen LogP contribution >= 0.6 is 22.6 Å². The summed E-state index contributed by atoms with van der Waals surface area (Å²) in [5.41, 5.74) is 1.87. The molecule has 0 saturated heterocycles. The lowest BCUT2D eigenvalue weighted by molar-refractivity contribution is 0.138. The van der Waals surface area contributed by atoms with Gasteiger partial charge in [0.25, 0.3) is 0 Å². The Balaban J connectivity index is 0.000000244. The number of H-pyrrole nitrogens is 1. The fourth-order valence-electron chi connectivity index (χ4n) is 2.50. The molecule has 0 unspecified atom stereocenters. The second kappa shape index (κ2) is 17.3. The number of tetrazole rings is 2. The molecule has 4 rings (SSSR count). The van der Waals surface area contributed by atoms with Crippen molar-refractivity contribution in [2.45, 2.75) is 26.3 Å². The molecule has 0 aliphatic carbocycles. The maximum atomic E-state index is 11.4. The minimum absolute atomic E-state index is 0.185. The summed E-state index contributed by atoms with van der Waals surface area (Å²) in [5.74, 6) is 0.843. The van der Waals surface area contributed by atoms with Gasteiger partial charge in [-0.1, -0.05) is 88.5 Å². The molecule has 0 spiro atoms. The summed E-state index contributed by atoms with van der Waals surface area (Å²) < 4.78 is 10.0. The maximum Gasteiger partial charge on any atom is 0.407 e. The van der Waals surface area contributed by atoms with Crippen LogP contribution in [-0.2, 0) is 42.8 Å². The molecule has 37 heavy (non-hydrogen) atoms. The normalized spacial score (nSPS) is 9.59. The fourth-order valence-corrected chi connectivity index (χ4v) is 2.50. The molecule has 4 aromatic rings. The van der Waals surface area contributed by atoms with Gasteiger partial charge in [0.1, 0.15) is 13.2 Å². The van der Waals surface area contributed by atoms with E-state index in [-0.39, 0.29) is 26.3 Å². The van der Waals surface area contributed by atoms with Crippen molar-refractivity contribution >= 4 is 34.8 Å². The zero-order chi connectivity index (χ0) is 26.7. The summed E-state index contributed by atoms with van der Waals surface area (Å²) in [7, 11) is 1.66. The molecule has 0 radical (unpaired) electrons. The number of carbonyl (C=O) groups is 2. The molecule has 0 saturated carbocycles. The van der Waals surface area contributed by atoms with Gasteiger partial charge in [-0.2, -0.15) is 10.0 Å². The van der Waals surface area contributed by atoms with Gasteiger partial charge in [-0.15, -0.1) is 20.4 Å². The molecule has 0 fully saturated rings. The number of ether oxygens (including phenoxy) is 2. The van der Waals surface area contributed by atoms with E-state index in [9.17, 15) is 9.59 Å². The van der Waals surface area contributed by atoms with E-state index < -0.39 is 12.2 Å². The molecule has 2 aromatic heterocycles. The first-order valence-electron chi connectivity index (χ1n) is 10.8. The average Bonchev–Trinajstić information content (AvgIpc) is 3.63. The van der Waals surface area contributed by atoms with Crippen molar-refractivity contribution in [3.8, 4) is 0 Å². The van der Waals surface area contributed by atoms with Crippen LogP contribution in [0.4, 0.5) is 9.59 Å². The summed E-state index contributed by atoms with van der Waals surface area (Å²) >= 11 is 2.15. The second-order valence-electron chi connectivity index (χ2n) is 6.85. The molecule has 0 atom stereocenters. The zero-order valence-corrected chi connectivity index (χ0v) is 22.4. The van der Waals surface area contributed by atoms with Crippen LogP contribution in [0, 0.1) is 0 Å². The topological polar surface area (TPSA) is 175 Å². The first-order chi connectivity index (χ1) is 18.1. The van der Waals surface area contributed by atoms with E-state index in [4.69, 9.17) is 9.47 Å². The SMILES string of the molecule is CI.Cn1nnc(CNC(=O)OCc2ccccc2)n1.O=C(NCc1nn[nH]n1)OCc1ccccc1. The van der Waals surface area contributed by atoms with Gasteiger partial charge in [-0.25, -0.2) is 9.59 Å². The Kier molecular flexibility index (Phi) is 13.6. The molecule has 0 aliphatic heterocycles. The Morgan fingerprint density at radius 2 is 1.35 bits per heavy atom. The van der Waals surface area contributed by atoms with E-state index >= 15 is 0 Å². The Bertz CT molecular complexity index is 1160. The Morgan fingerprint density at radius 1 is 0.838 bits per heavy atom. The van der Waals surface area contributed by atoms with Gasteiger partial charge >= 0.3 is 12.2 Å². The third-order valence-electron chi connectivity index (χ3n) is 4.15. The summed E-state index contributed by atoms with van der Waals surface area (Å²) in [6.45, 7) is 0.852. The third kappa shape index (κ3) is 12.4. The molecule has 2 amide bonds. The minimum atomic E-state index is -0.515. The molecule has 3 N–H and O–H groups in total. The fraction of sp³-hybridized carbons (Fsp3) is 0.273. The van der Waals surface area contributed by atoms with Crippen molar-refractivity contribution in [2.24, 2.45) is 7.05 Å². The van der Waals surface area contributed by atoms with Crippen molar-refractivity contribution < 1.29 is 19.1 Å². The van der Waals surface area contributed by atoms with Gasteiger partial charge in [0.2, 0.25) is 0 Å². The van der Waals surface area contributed by atoms with Crippen LogP contribution in [0.5, 0.6) is 0 Å². The number of benzene rings is 2. The summed E-state index contributed by atoms with van der Waals surface area (Å²) in [6, 6.07) is 18.9. The number of hydrogen-bond donors (Lipinski definition) is 3. The highest BCUT2D eigenvalue weighted by Gasteiger charge is 2.06. The number of rotatable bonds is 8. The zero-order valence-electron chi connectivity index (χ0n) is 20.2. The molecule has 196 valence electrons. The Labute approximate surface area is 226 Å². The molecule has 14 nitrogen and oxygen atoms in total. The van der Waals surface area contributed by atoms with Gasteiger partial charge in [-0.05, 0) is 21.3 Å². The van der Waals surface area contributed by atoms with Crippen LogP contribution in [0.25, 0.3) is 0 Å². The number of carbonyl (C=O) groups excluding carboxylic acids is 2. The molecule has 15 heteroatoms.